The summed E-state index contributed by atoms with van der Waals surface area (Å²) in [5, 5.41) is 6.41. The molecule has 0 fully saturated rings. The van der Waals surface area contributed by atoms with Gasteiger partial charge in [-0.1, -0.05) is 25.1 Å². The number of nitrogens with one attached hydrogen (secondary N) is 2. The standard InChI is InChI=1S/C15H23N3O/c1-3-12(2)17-15(19)11-18-9-8-16-10-13-6-4-5-7-14(13)18/h4-7,12,16H,3,8-11H2,1-2H3,(H,17,19). The lowest BCUT2D eigenvalue weighted by Crippen LogP contribution is -2.42. The second-order valence-corrected chi connectivity index (χ2v) is 5.10. The molecule has 2 N–H and O–H groups in total. The fraction of sp³-hybridized carbons (Fsp3) is 0.533. The van der Waals surface area contributed by atoms with Crippen LogP contribution in [0.2, 0.25) is 0 Å². The monoisotopic (exact) mass is 261 g/mol. The van der Waals surface area contributed by atoms with Gasteiger partial charge in [0, 0.05) is 31.4 Å². The van der Waals surface area contributed by atoms with Crippen molar-refractivity contribution >= 4 is 11.6 Å². The summed E-state index contributed by atoms with van der Waals surface area (Å²) in [5.74, 6) is 0.103. The molecule has 0 bridgehead atoms. The highest BCUT2D eigenvalue weighted by molar-refractivity contribution is 5.82. The van der Waals surface area contributed by atoms with Crippen molar-refractivity contribution in [3.8, 4) is 0 Å². The normalized spacial score (nSPS) is 16.4. The number of anilines is 1. The molecule has 4 nitrogen and oxygen atoms in total. The second kappa shape index (κ2) is 6.57. The number of rotatable bonds is 4. The summed E-state index contributed by atoms with van der Waals surface area (Å²) in [5.41, 5.74) is 2.43. The van der Waals surface area contributed by atoms with Gasteiger partial charge in [0.25, 0.3) is 0 Å². The maximum Gasteiger partial charge on any atom is 0.239 e. The van der Waals surface area contributed by atoms with Gasteiger partial charge in [0.1, 0.15) is 0 Å². The van der Waals surface area contributed by atoms with E-state index in [1.165, 1.54) is 11.3 Å². The molecule has 0 saturated heterocycles. The smallest absolute Gasteiger partial charge is 0.239 e. The van der Waals surface area contributed by atoms with Crippen LogP contribution < -0.4 is 15.5 Å². The Morgan fingerprint density at radius 3 is 3.05 bits per heavy atom. The third-order valence-corrected chi connectivity index (χ3v) is 3.56. The fourth-order valence-electron chi connectivity index (χ4n) is 2.29. The van der Waals surface area contributed by atoms with E-state index in [1.54, 1.807) is 0 Å². The molecule has 1 aliphatic heterocycles. The van der Waals surface area contributed by atoms with Gasteiger partial charge in [-0.2, -0.15) is 0 Å². The van der Waals surface area contributed by atoms with Crippen LogP contribution in [0.15, 0.2) is 24.3 Å². The van der Waals surface area contributed by atoms with E-state index in [-0.39, 0.29) is 11.9 Å². The molecule has 19 heavy (non-hydrogen) atoms. The van der Waals surface area contributed by atoms with E-state index in [4.69, 9.17) is 0 Å². The lowest BCUT2D eigenvalue weighted by Gasteiger charge is -2.24. The van der Waals surface area contributed by atoms with Crippen molar-refractivity contribution in [3.05, 3.63) is 29.8 Å². The molecule has 4 heteroatoms. The van der Waals surface area contributed by atoms with Crippen LogP contribution in [0.1, 0.15) is 25.8 Å². The zero-order valence-corrected chi connectivity index (χ0v) is 11.8. The number of carbonyl (C=O) groups excluding carboxylic acids is 1. The number of nitrogens with zero attached hydrogens (tertiary/aromatic N) is 1. The van der Waals surface area contributed by atoms with Gasteiger partial charge in [0.05, 0.1) is 6.54 Å². The van der Waals surface area contributed by atoms with Crippen molar-refractivity contribution < 1.29 is 4.79 Å². The molecule has 1 unspecified atom stereocenters. The van der Waals surface area contributed by atoms with Crippen LogP contribution in [-0.4, -0.2) is 31.6 Å². The highest BCUT2D eigenvalue weighted by Crippen LogP contribution is 2.21. The van der Waals surface area contributed by atoms with E-state index >= 15 is 0 Å². The Hall–Kier alpha value is -1.55. The van der Waals surface area contributed by atoms with Gasteiger partial charge in [-0.25, -0.2) is 0 Å². The first kappa shape index (κ1) is 13.9. The average molecular weight is 261 g/mol. The van der Waals surface area contributed by atoms with E-state index in [2.05, 4.69) is 34.6 Å². The number of hydrogen-bond donors (Lipinski definition) is 2. The maximum absolute atomic E-state index is 12.0. The highest BCUT2D eigenvalue weighted by atomic mass is 16.2. The van der Waals surface area contributed by atoms with Crippen LogP contribution in [0.3, 0.4) is 0 Å². The van der Waals surface area contributed by atoms with Crippen LogP contribution in [0, 0.1) is 0 Å². The quantitative estimate of drug-likeness (QED) is 0.863. The summed E-state index contributed by atoms with van der Waals surface area (Å²) in [6, 6.07) is 8.53. The molecule has 0 radical (unpaired) electrons. The third-order valence-electron chi connectivity index (χ3n) is 3.56. The zero-order chi connectivity index (χ0) is 13.7. The minimum atomic E-state index is 0.103. The van der Waals surface area contributed by atoms with Gasteiger partial charge in [-0.15, -0.1) is 0 Å². The largest absolute Gasteiger partial charge is 0.361 e. The molecule has 0 aromatic heterocycles. The van der Waals surface area contributed by atoms with Gasteiger partial charge < -0.3 is 15.5 Å². The summed E-state index contributed by atoms with van der Waals surface area (Å²) >= 11 is 0. The van der Waals surface area contributed by atoms with Crippen molar-refractivity contribution in [1.29, 1.82) is 0 Å². The van der Waals surface area contributed by atoms with E-state index in [0.29, 0.717) is 6.54 Å². The SMILES string of the molecule is CCC(C)NC(=O)CN1CCNCc2ccccc21. The summed E-state index contributed by atoms with van der Waals surface area (Å²) in [7, 11) is 0. The molecule has 2 rings (SSSR count). The van der Waals surface area contributed by atoms with Gasteiger partial charge in [0.2, 0.25) is 5.91 Å². The molecule has 0 aliphatic carbocycles. The first-order valence-corrected chi connectivity index (χ1v) is 7.03. The summed E-state index contributed by atoms with van der Waals surface area (Å²) in [6.45, 7) is 7.20. The highest BCUT2D eigenvalue weighted by Gasteiger charge is 2.17. The lowest BCUT2D eigenvalue weighted by atomic mass is 10.1. The lowest BCUT2D eigenvalue weighted by molar-refractivity contribution is -0.120. The number of para-hydroxylation sites is 1. The molecule has 104 valence electrons. The van der Waals surface area contributed by atoms with Crippen molar-refractivity contribution in [2.24, 2.45) is 0 Å². The average Bonchev–Trinajstić information content (AvgIpc) is 2.61. The number of benzene rings is 1. The molecule has 1 aliphatic rings. The second-order valence-electron chi connectivity index (χ2n) is 5.10. The Morgan fingerprint density at radius 2 is 2.26 bits per heavy atom. The molecule has 0 spiro atoms. The number of carbonyl (C=O) groups is 1. The van der Waals surface area contributed by atoms with E-state index < -0.39 is 0 Å². The van der Waals surface area contributed by atoms with Crippen molar-refractivity contribution in [1.82, 2.24) is 10.6 Å². The zero-order valence-electron chi connectivity index (χ0n) is 11.8. The topological polar surface area (TPSA) is 44.4 Å². The van der Waals surface area contributed by atoms with Gasteiger partial charge >= 0.3 is 0 Å². The molecule has 1 aromatic carbocycles. The Morgan fingerprint density at radius 1 is 1.47 bits per heavy atom. The predicted octanol–water partition coefficient (Wildman–Crippen LogP) is 1.51. The Labute approximate surface area is 115 Å². The number of amides is 1. The molecular weight excluding hydrogens is 238 g/mol. The van der Waals surface area contributed by atoms with E-state index in [0.717, 1.165) is 26.1 Å². The minimum absolute atomic E-state index is 0.103. The van der Waals surface area contributed by atoms with Gasteiger partial charge in [-0.05, 0) is 25.0 Å². The molecule has 1 heterocycles. The van der Waals surface area contributed by atoms with Gasteiger partial charge in [-0.3, -0.25) is 4.79 Å². The van der Waals surface area contributed by atoms with Crippen LogP contribution in [-0.2, 0) is 11.3 Å². The summed E-state index contributed by atoms with van der Waals surface area (Å²) < 4.78 is 0. The Kier molecular flexibility index (Phi) is 4.80. The first-order chi connectivity index (χ1) is 9.20. The molecule has 1 amide bonds. The molecule has 1 aromatic rings. The molecule has 1 atom stereocenters. The summed E-state index contributed by atoms with van der Waals surface area (Å²) in [4.78, 5) is 14.2. The predicted molar refractivity (Wildman–Crippen MR) is 78.3 cm³/mol. The van der Waals surface area contributed by atoms with Crippen molar-refractivity contribution in [2.45, 2.75) is 32.9 Å². The maximum atomic E-state index is 12.0. The van der Waals surface area contributed by atoms with Crippen LogP contribution in [0.4, 0.5) is 5.69 Å². The Bertz CT molecular complexity index is 433. The van der Waals surface area contributed by atoms with Crippen LogP contribution in [0.25, 0.3) is 0 Å². The minimum Gasteiger partial charge on any atom is -0.361 e. The molecular formula is C15H23N3O. The van der Waals surface area contributed by atoms with Crippen molar-refractivity contribution in [2.75, 3.05) is 24.5 Å². The van der Waals surface area contributed by atoms with E-state index in [1.807, 2.05) is 19.1 Å². The summed E-state index contributed by atoms with van der Waals surface area (Å²) in [6.07, 6.45) is 0.962. The molecule has 0 saturated carbocycles. The fourth-order valence-corrected chi connectivity index (χ4v) is 2.29. The Balaban J connectivity index is 2.05. The number of fused-ring (bicyclic) bond motifs is 1. The van der Waals surface area contributed by atoms with Crippen LogP contribution >= 0.6 is 0 Å². The van der Waals surface area contributed by atoms with E-state index in [9.17, 15) is 4.79 Å². The van der Waals surface area contributed by atoms with Crippen LogP contribution in [0.5, 0.6) is 0 Å². The first-order valence-electron chi connectivity index (χ1n) is 7.03. The van der Waals surface area contributed by atoms with Crippen molar-refractivity contribution in [3.63, 3.8) is 0 Å². The third kappa shape index (κ3) is 3.70. The number of hydrogen-bond acceptors (Lipinski definition) is 3. The van der Waals surface area contributed by atoms with Gasteiger partial charge in [0.15, 0.2) is 0 Å².